The molecule has 1 aromatic heterocycles. The number of anilines is 1. The summed E-state index contributed by atoms with van der Waals surface area (Å²) in [6, 6.07) is 12.0. The number of hydrogen-bond donors (Lipinski definition) is 3. The van der Waals surface area contributed by atoms with Crippen LogP contribution in [0.15, 0.2) is 42.5 Å². The van der Waals surface area contributed by atoms with Crippen LogP contribution in [-0.4, -0.2) is 32.9 Å². The number of carboxylic acids is 1. The van der Waals surface area contributed by atoms with Crippen molar-refractivity contribution in [3.8, 4) is 5.75 Å². The number of rotatable bonds is 3. The van der Waals surface area contributed by atoms with Gasteiger partial charge in [0.05, 0.1) is 16.7 Å². The predicted molar refractivity (Wildman–Crippen MR) is 86.0 cm³/mol. The number of benzene rings is 2. The second-order valence-corrected chi connectivity index (χ2v) is 5.18. The molecular formula is C15H13N3O3S. The number of aromatic amines is 1. The third-order valence-electron chi connectivity index (χ3n) is 3.45. The van der Waals surface area contributed by atoms with E-state index >= 15 is 0 Å². The van der Waals surface area contributed by atoms with E-state index in [1.54, 1.807) is 22.8 Å². The third kappa shape index (κ3) is 2.21. The van der Waals surface area contributed by atoms with Crippen LogP contribution in [0.4, 0.5) is 5.69 Å². The minimum atomic E-state index is -1.17. The lowest BCUT2D eigenvalue weighted by Crippen LogP contribution is -2.24. The van der Waals surface area contributed by atoms with Gasteiger partial charge in [-0.2, -0.15) is 0 Å². The van der Waals surface area contributed by atoms with Gasteiger partial charge in [0.25, 0.3) is 0 Å². The summed E-state index contributed by atoms with van der Waals surface area (Å²) in [6.07, 6.45) is 0. The number of carbonyl (C=O) groups is 1. The summed E-state index contributed by atoms with van der Waals surface area (Å²) in [5.74, 6) is -1.46. The summed E-state index contributed by atoms with van der Waals surface area (Å²) in [5, 5.41) is 20.5. The number of fused-ring (bicyclic) bond motifs is 1. The van der Waals surface area contributed by atoms with Gasteiger partial charge >= 0.3 is 5.97 Å². The van der Waals surface area contributed by atoms with Crippen LogP contribution in [0.25, 0.3) is 11.0 Å². The van der Waals surface area contributed by atoms with Gasteiger partial charge in [0.15, 0.2) is 4.77 Å². The van der Waals surface area contributed by atoms with Gasteiger partial charge in [0.2, 0.25) is 0 Å². The Bertz CT molecular complexity index is 929. The molecule has 7 heteroatoms. The standard InChI is InChI=1S/C15H13N3O3S/c1-17(9-6-7-10(14(20)21)13(19)8-9)18-12-5-3-2-4-11(12)16-15(18)22/h2-8,19H,1H3,(H,16,22)(H,20,21). The average Bonchev–Trinajstić information content (AvgIpc) is 2.81. The Labute approximate surface area is 130 Å². The lowest BCUT2D eigenvalue weighted by atomic mass is 10.2. The van der Waals surface area contributed by atoms with E-state index in [0.717, 1.165) is 11.0 Å². The van der Waals surface area contributed by atoms with Crippen molar-refractivity contribution in [1.29, 1.82) is 0 Å². The molecule has 3 N–H and O–H groups in total. The summed E-state index contributed by atoms with van der Waals surface area (Å²) in [5.41, 5.74) is 2.26. The van der Waals surface area contributed by atoms with E-state index in [1.807, 2.05) is 24.3 Å². The number of nitrogens with zero attached hydrogens (tertiary/aromatic N) is 2. The smallest absolute Gasteiger partial charge is 0.339 e. The van der Waals surface area contributed by atoms with E-state index in [9.17, 15) is 9.90 Å². The second-order valence-electron chi connectivity index (χ2n) is 4.79. The zero-order chi connectivity index (χ0) is 15.9. The maximum absolute atomic E-state index is 11.0. The molecule has 0 spiro atoms. The van der Waals surface area contributed by atoms with Crippen molar-refractivity contribution < 1.29 is 15.0 Å². The summed E-state index contributed by atoms with van der Waals surface area (Å²) >= 11 is 5.34. The van der Waals surface area contributed by atoms with E-state index < -0.39 is 5.97 Å². The van der Waals surface area contributed by atoms with E-state index in [4.69, 9.17) is 17.3 Å². The van der Waals surface area contributed by atoms with E-state index in [0.29, 0.717) is 10.5 Å². The van der Waals surface area contributed by atoms with Crippen LogP contribution < -0.4 is 5.01 Å². The van der Waals surface area contributed by atoms with Crippen LogP contribution in [0, 0.1) is 4.77 Å². The number of aromatic hydroxyl groups is 1. The Kier molecular flexibility index (Phi) is 3.34. The number of hydrogen-bond acceptors (Lipinski definition) is 4. The monoisotopic (exact) mass is 315 g/mol. The Morgan fingerprint density at radius 1 is 1.27 bits per heavy atom. The van der Waals surface area contributed by atoms with Gasteiger partial charge in [0, 0.05) is 13.1 Å². The number of nitrogens with one attached hydrogen (secondary N) is 1. The molecule has 0 saturated heterocycles. The molecule has 22 heavy (non-hydrogen) atoms. The topological polar surface area (TPSA) is 81.5 Å². The average molecular weight is 315 g/mol. The Hall–Kier alpha value is -2.80. The predicted octanol–water partition coefficient (Wildman–Crippen LogP) is 3.00. The largest absolute Gasteiger partial charge is 0.507 e. The Morgan fingerprint density at radius 3 is 2.68 bits per heavy atom. The molecule has 3 aromatic rings. The van der Waals surface area contributed by atoms with Crippen molar-refractivity contribution in [3.63, 3.8) is 0 Å². The van der Waals surface area contributed by atoms with Gasteiger partial charge in [-0.3, -0.25) is 5.01 Å². The number of para-hydroxylation sites is 2. The summed E-state index contributed by atoms with van der Waals surface area (Å²) in [6.45, 7) is 0. The van der Waals surface area contributed by atoms with Gasteiger partial charge < -0.3 is 15.2 Å². The second kappa shape index (κ2) is 5.19. The molecule has 0 aliphatic heterocycles. The van der Waals surface area contributed by atoms with Crippen molar-refractivity contribution in [2.75, 3.05) is 12.1 Å². The molecule has 0 amide bonds. The van der Waals surface area contributed by atoms with Crippen molar-refractivity contribution in [2.24, 2.45) is 0 Å². The number of H-pyrrole nitrogens is 1. The van der Waals surface area contributed by atoms with Crippen molar-refractivity contribution >= 4 is 34.9 Å². The Morgan fingerprint density at radius 2 is 2.00 bits per heavy atom. The molecule has 0 atom stereocenters. The fourth-order valence-corrected chi connectivity index (χ4v) is 2.69. The molecular weight excluding hydrogens is 302 g/mol. The normalized spacial score (nSPS) is 10.8. The molecule has 0 fully saturated rings. The minimum absolute atomic E-state index is 0.139. The number of phenols is 1. The highest BCUT2D eigenvalue weighted by Crippen LogP contribution is 2.26. The fourth-order valence-electron chi connectivity index (χ4n) is 2.36. The maximum Gasteiger partial charge on any atom is 0.339 e. The fraction of sp³-hybridized carbons (Fsp3) is 0.0667. The first-order valence-electron chi connectivity index (χ1n) is 6.49. The van der Waals surface area contributed by atoms with E-state index in [2.05, 4.69) is 4.98 Å². The van der Waals surface area contributed by atoms with Gasteiger partial charge in [-0.05, 0) is 36.5 Å². The lowest BCUT2D eigenvalue weighted by molar-refractivity contribution is 0.0694. The number of aromatic carboxylic acids is 1. The van der Waals surface area contributed by atoms with Crippen LogP contribution in [-0.2, 0) is 0 Å². The highest BCUT2D eigenvalue weighted by molar-refractivity contribution is 7.71. The lowest BCUT2D eigenvalue weighted by Gasteiger charge is -2.21. The molecule has 6 nitrogen and oxygen atoms in total. The van der Waals surface area contributed by atoms with Crippen LogP contribution >= 0.6 is 12.2 Å². The molecule has 0 radical (unpaired) electrons. The summed E-state index contributed by atoms with van der Waals surface area (Å²) < 4.78 is 2.28. The van der Waals surface area contributed by atoms with Crippen LogP contribution in [0.2, 0.25) is 0 Å². The van der Waals surface area contributed by atoms with Crippen LogP contribution in [0.5, 0.6) is 5.75 Å². The molecule has 0 aliphatic carbocycles. The van der Waals surface area contributed by atoms with E-state index in [-0.39, 0.29) is 11.3 Å². The molecule has 112 valence electrons. The van der Waals surface area contributed by atoms with Crippen LogP contribution in [0.3, 0.4) is 0 Å². The molecule has 0 unspecified atom stereocenters. The Balaban J connectivity index is 2.12. The highest BCUT2D eigenvalue weighted by Gasteiger charge is 2.14. The highest BCUT2D eigenvalue weighted by atomic mass is 32.1. The van der Waals surface area contributed by atoms with Gasteiger partial charge in [0.1, 0.15) is 11.3 Å². The van der Waals surface area contributed by atoms with Crippen molar-refractivity contribution in [2.45, 2.75) is 0 Å². The zero-order valence-corrected chi connectivity index (χ0v) is 12.5. The molecule has 0 saturated carbocycles. The van der Waals surface area contributed by atoms with Gasteiger partial charge in [-0.1, -0.05) is 12.1 Å². The minimum Gasteiger partial charge on any atom is -0.507 e. The van der Waals surface area contributed by atoms with Gasteiger partial charge in [-0.25, -0.2) is 9.47 Å². The third-order valence-corrected chi connectivity index (χ3v) is 3.73. The quantitative estimate of drug-likeness (QED) is 0.647. The SMILES string of the molecule is CN(c1ccc(C(=O)O)c(O)c1)n1c(=S)[nH]c2ccccc21. The number of aromatic nitrogens is 2. The molecule has 2 aromatic carbocycles. The van der Waals surface area contributed by atoms with Crippen molar-refractivity contribution in [3.05, 3.63) is 52.8 Å². The summed E-state index contributed by atoms with van der Waals surface area (Å²) in [4.78, 5) is 14.1. The zero-order valence-electron chi connectivity index (χ0n) is 11.6. The molecule has 0 aliphatic rings. The van der Waals surface area contributed by atoms with Crippen molar-refractivity contribution in [1.82, 2.24) is 9.66 Å². The first-order valence-corrected chi connectivity index (χ1v) is 6.90. The molecule has 3 rings (SSSR count). The first kappa shape index (κ1) is 14.2. The maximum atomic E-state index is 11.0. The first-order chi connectivity index (χ1) is 10.5. The molecule has 0 bridgehead atoms. The molecule has 1 heterocycles. The van der Waals surface area contributed by atoms with Crippen LogP contribution in [0.1, 0.15) is 10.4 Å². The summed E-state index contributed by atoms with van der Waals surface area (Å²) in [7, 11) is 1.78. The van der Waals surface area contributed by atoms with E-state index in [1.165, 1.54) is 12.1 Å². The number of carboxylic acid groups (broad SMARTS) is 1. The number of imidazole rings is 1. The van der Waals surface area contributed by atoms with Gasteiger partial charge in [-0.15, -0.1) is 0 Å².